The number of nitrogens with one attached hydrogen (secondary N) is 1. The molecule has 0 unspecified atom stereocenters. The molecule has 2 amide bonds. The first kappa shape index (κ1) is 32.9. The summed E-state index contributed by atoms with van der Waals surface area (Å²) in [4.78, 5) is 33.2. The first-order chi connectivity index (χ1) is 21.3. The fourth-order valence-corrected chi connectivity index (χ4v) is 7.86. The number of aryl methyl sites for hydroxylation is 1. The quantitative estimate of drug-likeness (QED) is 0.424. The zero-order valence-electron chi connectivity index (χ0n) is 25.6. The van der Waals surface area contributed by atoms with Gasteiger partial charge in [0, 0.05) is 44.5 Å². The third-order valence-electron chi connectivity index (χ3n) is 9.13. The van der Waals surface area contributed by atoms with E-state index in [1.54, 1.807) is 44.4 Å². The fraction of sp³-hybridized carbons (Fsp3) is 0.531. The average Bonchev–Trinajstić information content (AvgIpc) is 3.34. The molecule has 9 nitrogen and oxygen atoms in total. The molecule has 45 heavy (non-hydrogen) atoms. The van der Waals surface area contributed by atoms with E-state index in [2.05, 4.69) is 5.32 Å². The highest BCUT2D eigenvalue weighted by Crippen LogP contribution is 2.38. The summed E-state index contributed by atoms with van der Waals surface area (Å²) in [5.41, 5.74) is -1.35. The minimum atomic E-state index is -4.75. The van der Waals surface area contributed by atoms with Crippen LogP contribution in [0.1, 0.15) is 56.1 Å². The number of para-hydroxylation sites is 1. The van der Waals surface area contributed by atoms with E-state index in [0.29, 0.717) is 5.69 Å². The van der Waals surface area contributed by atoms with Gasteiger partial charge in [0.1, 0.15) is 17.9 Å². The van der Waals surface area contributed by atoms with Crippen molar-refractivity contribution in [3.05, 3.63) is 59.7 Å². The van der Waals surface area contributed by atoms with Crippen molar-refractivity contribution in [3.8, 4) is 0 Å². The molecule has 2 aliphatic heterocycles. The zero-order valence-corrected chi connectivity index (χ0v) is 26.5. The Bertz CT molecular complexity index is 1530. The van der Waals surface area contributed by atoms with Gasteiger partial charge in [-0.1, -0.05) is 43.5 Å². The first-order valence-corrected chi connectivity index (χ1v) is 17.0. The Morgan fingerprint density at radius 1 is 1.02 bits per heavy atom. The van der Waals surface area contributed by atoms with Gasteiger partial charge in [-0.15, -0.1) is 0 Å². The smallest absolute Gasteiger partial charge is 0.347 e. The average molecular weight is 648 g/mol. The second-order valence-corrected chi connectivity index (χ2v) is 14.4. The van der Waals surface area contributed by atoms with Gasteiger partial charge in [0.2, 0.25) is 15.9 Å². The molecule has 244 valence electrons. The largest absolute Gasteiger partial charge is 0.416 e. The molecule has 1 saturated carbocycles. The molecule has 3 aliphatic rings. The topological polar surface area (TPSA) is 102 Å². The van der Waals surface area contributed by atoms with Crippen LogP contribution < -0.4 is 10.2 Å². The Hall–Kier alpha value is -3.45. The molecule has 0 aromatic heterocycles. The van der Waals surface area contributed by atoms with Crippen molar-refractivity contribution in [2.45, 2.75) is 63.1 Å². The van der Waals surface area contributed by atoms with E-state index in [4.69, 9.17) is 4.99 Å². The van der Waals surface area contributed by atoms with Crippen molar-refractivity contribution in [1.29, 1.82) is 0 Å². The molecule has 0 radical (unpaired) electrons. The van der Waals surface area contributed by atoms with Crippen LogP contribution in [0.25, 0.3) is 0 Å². The molecular weight excluding hydrogens is 607 g/mol. The van der Waals surface area contributed by atoms with Crippen LogP contribution in [0.5, 0.6) is 0 Å². The van der Waals surface area contributed by atoms with Gasteiger partial charge in [0.05, 0.1) is 11.3 Å². The van der Waals surface area contributed by atoms with Crippen molar-refractivity contribution < 1.29 is 31.2 Å². The highest BCUT2D eigenvalue weighted by Gasteiger charge is 2.48. The first-order valence-electron chi connectivity index (χ1n) is 15.4. The number of aliphatic imine (C=N–C) groups is 1. The van der Waals surface area contributed by atoms with Crippen LogP contribution >= 0.6 is 0 Å². The highest BCUT2D eigenvalue weighted by molar-refractivity contribution is 7.89. The summed E-state index contributed by atoms with van der Waals surface area (Å²) >= 11 is 0. The van der Waals surface area contributed by atoms with Gasteiger partial charge in [0.15, 0.2) is 0 Å². The number of hydrogen-bond acceptors (Lipinski definition) is 6. The normalized spacial score (nSPS) is 19.3. The predicted octanol–water partition coefficient (Wildman–Crippen LogP) is 4.75. The van der Waals surface area contributed by atoms with Gasteiger partial charge in [-0.25, -0.2) is 12.7 Å². The Kier molecular flexibility index (Phi) is 9.60. The number of anilines is 2. The van der Waals surface area contributed by atoms with Crippen molar-refractivity contribution in [1.82, 2.24) is 14.5 Å². The molecule has 2 aromatic carbocycles. The highest BCUT2D eigenvalue weighted by atomic mass is 32.2. The Labute approximate surface area is 262 Å². The molecule has 2 heterocycles. The van der Waals surface area contributed by atoms with Crippen LogP contribution in [0.4, 0.5) is 24.5 Å². The third kappa shape index (κ3) is 7.35. The van der Waals surface area contributed by atoms with E-state index in [0.717, 1.165) is 37.6 Å². The third-order valence-corrected chi connectivity index (χ3v) is 11.0. The molecule has 2 aromatic rings. The maximum atomic E-state index is 14.3. The number of amides is 2. The van der Waals surface area contributed by atoms with E-state index < -0.39 is 33.1 Å². The van der Waals surface area contributed by atoms with Gasteiger partial charge in [0.25, 0.3) is 5.91 Å². The summed E-state index contributed by atoms with van der Waals surface area (Å²) in [6, 6.07) is 12.4. The van der Waals surface area contributed by atoms with E-state index >= 15 is 0 Å². The number of hydrogen-bond donors (Lipinski definition) is 1. The van der Waals surface area contributed by atoms with E-state index in [9.17, 15) is 31.2 Å². The fourth-order valence-electron chi connectivity index (χ4n) is 6.38. The molecule has 13 heteroatoms. The van der Waals surface area contributed by atoms with Gasteiger partial charge >= 0.3 is 6.18 Å². The maximum absolute atomic E-state index is 14.3. The number of benzene rings is 2. The van der Waals surface area contributed by atoms with Gasteiger partial charge in [-0.3, -0.25) is 14.6 Å². The Morgan fingerprint density at radius 3 is 2.31 bits per heavy atom. The lowest BCUT2D eigenvalue weighted by molar-refractivity contribution is -0.138. The van der Waals surface area contributed by atoms with Crippen LogP contribution in [0.3, 0.4) is 0 Å². The minimum Gasteiger partial charge on any atom is -0.347 e. The molecule has 1 saturated heterocycles. The predicted molar refractivity (Wildman–Crippen MR) is 167 cm³/mol. The lowest BCUT2D eigenvalue weighted by Crippen LogP contribution is -2.51. The van der Waals surface area contributed by atoms with Crippen LogP contribution in [-0.4, -0.2) is 80.3 Å². The summed E-state index contributed by atoms with van der Waals surface area (Å²) in [6.45, 7) is -0.0227. The number of likely N-dealkylation sites (N-methyl/N-ethyl adjacent to an activating group) is 1. The minimum absolute atomic E-state index is 0.0776. The number of carbonyl (C=O) groups is 2. The molecule has 1 spiro atoms. The van der Waals surface area contributed by atoms with Crippen LogP contribution in [0.15, 0.2) is 53.5 Å². The number of carbonyl (C=O) groups excluding carboxylic acids is 2. The Morgan fingerprint density at radius 2 is 1.69 bits per heavy atom. The van der Waals surface area contributed by atoms with Crippen molar-refractivity contribution >= 4 is 39.0 Å². The Balaban J connectivity index is 1.30. The summed E-state index contributed by atoms with van der Waals surface area (Å²) in [7, 11) is -0.767. The molecule has 0 atom stereocenters. The van der Waals surface area contributed by atoms with Crippen molar-refractivity contribution in [2.75, 3.05) is 44.4 Å². The molecule has 1 aliphatic carbocycles. The molecular formula is C32H40F3N5O4S. The van der Waals surface area contributed by atoms with E-state index in [1.165, 1.54) is 32.7 Å². The van der Waals surface area contributed by atoms with Crippen LogP contribution in [-0.2, 0) is 32.2 Å². The van der Waals surface area contributed by atoms with Gasteiger partial charge in [-0.2, -0.15) is 13.2 Å². The van der Waals surface area contributed by atoms with Crippen LogP contribution in [0.2, 0.25) is 0 Å². The van der Waals surface area contributed by atoms with Crippen molar-refractivity contribution in [3.63, 3.8) is 0 Å². The summed E-state index contributed by atoms with van der Waals surface area (Å²) in [5.74, 6) is -0.0432. The van der Waals surface area contributed by atoms with Gasteiger partial charge in [-0.05, 0) is 61.9 Å². The number of piperidine rings is 1. The second-order valence-electron chi connectivity index (χ2n) is 12.3. The summed E-state index contributed by atoms with van der Waals surface area (Å²) < 4.78 is 70.9. The summed E-state index contributed by atoms with van der Waals surface area (Å²) in [5, 5.41) is 2.96. The lowest BCUT2D eigenvalue weighted by atomic mass is 9.88. The molecule has 5 rings (SSSR count). The SMILES string of the molecule is CN(C)C(=O)CN(c1ccccc1)c1ccc(CCS(=O)(=O)N2CCC3(CC2)N=C(C2CCCCC2)NC3=O)c(C(F)(F)F)c1. The van der Waals surface area contributed by atoms with Crippen LogP contribution in [0, 0.1) is 5.92 Å². The number of halogens is 3. The standard InChI is InChI=1S/C32H40F3N5O4S/c1-38(2)28(41)22-40(25-11-7-4-8-12-25)26-14-13-23(27(21-26)32(33,34)35)15-20-45(43,44)39-18-16-31(17-19-39)30(42)36-29(37-31)24-9-5-3-6-10-24/h4,7-8,11-14,21,24H,3,5-6,9-10,15-20,22H2,1-2H3,(H,36,37,42). The molecule has 2 fully saturated rings. The summed E-state index contributed by atoms with van der Waals surface area (Å²) in [6.07, 6.45) is 0.710. The maximum Gasteiger partial charge on any atom is 0.416 e. The number of alkyl halides is 3. The number of sulfonamides is 1. The van der Waals surface area contributed by atoms with Crippen molar-refractivity contribution in [2.24, 2.45) is 10.9 Å². The van der Waals surface area contributed by atoms with Gasteiger partial charge < -0.3 is 15.1 Å². The number of nitrogens with zero attached hydrogens (tertiary/aromatic N) is 4. The van der Waals surface area contributed by atoms with E-state index in [-0.39, 0.29) is 67.9 Å². The number of rotatable bonds is 9. The molecule has 1 N–H and O–H groups in total. The van der Waals surface area contributed by atoms with E-state index in [1.807, 2.05) is 0 Å². The second kappa shape index (κ2) is 13.1. The number of amidine groups is 1. The zero-order chi connectivity index (χ0) is 32.4. The lowest BCUT2D eigenvalue weighted by Gasteiger charge is -2.34. The molecule has 0 bridgehead atoms. The monoisotopic (exact) mass is 647 g/mol.